The summed E-state index contributed by atoms with van der Waals surface area (Å²) in [6.45, 7) is 0.236. The molecule has 0 bridgehead atoms. The van der Waals surface area contributed by atoms with E-state index in [2.05, 4.69) is 41.8 Å². The third kappa shape index (κ3) is 9.32. The van der Waals surface area contributed by atoms with Crippen LogP contribution in [0.25, 0.3) is 21.5 Å². The number of nitrogens with one attached hydrogen (secondary N) is 3. The smallest absolute Gasteiger partial charge is 0.342 e. The minimum absolute atomic E-state index is 0.00451. The summed E-state index contributed by atoms with van der Waals surface area (Å²) >= 11 is 1.48. The second kappa shape index (κ2) is 15.5. The van der Waals surface area contributed by atoms with Crippen molar-refractivity contribution in [1.82, 2.24) is 15.5 Å². The molecule has 3 amide bonds. The van der Waals surface area contributed by atoms with E-state index in [0.29, 0.717) is 24.1 Å². The topological polar surface area (TPSA) is 149 Å². The average molecular weight is 598 g/mol. The molecule has 4 aromatic rings. The number of amides is 3. The van der Waals surface area contributed by atoms with Gasteiger partial charge in [0.25, 0.3) is 5.91 Å². The van der Waals surface area contributed by atoms with E-state index < -0.39 is 6.61 Å². The monoisotopic (exact) mass is 597 g/mol. The molecule has 0 aliphatic carbocycles. The number of thiophene rings is 1. The molecule has 3 aromatic carbocycles. The van der Waals surface area contributed by atoms with Crippen molar-refractivity contribution in [3.05, 3.63) is 82.0 Å². The number of aliphatic hydroxyl groups excluding tert-OH is 1. The van der Waals surface area contributed by atoms with E-state index in [9.17, 15) is 23.2 Å². The highest BCUT2D eigenvalue weighted by molar-refractivity contribution is 7.10. The van der Waals surface area contributed by atoms with Gasteiger partial charge in [0.15, 0.2) is 0 Å². The number of halogens is 2. The normalized spacial score (nSPS) is 14.0. The highest BCUT2D eigenvalue weighted by Gasteiger charge is 2.25. The lowest BCUT2D eigenvalue weighted by Gasteiger charge is -2.21. The van der Waals surface area contributed by atoms with E-state index in [1.165, 1.54) is 16.7 Å². The Hall–Kier alpha value is -4.42. The molecule has 1 fully saturated rings. The third-order valence-corrected chi connectivity index (χ3v) is 7.50. The van der Waals surface area contributed by atoms with E-state index in [1.807, 2.05) is 35.2 Å². The first-order chi connectivity index (χ1) is 20.1. The van der Waals surface area contributed by atoms with Crippen molar-refractivity contribution in [2.24, 2.45) is 5.73 Å². The molecule has 1 saturated heterocycles. The Morgan fingerprint density at radius 1 is 1.10 bits per heavy atom. The number of benzene rings is 3. The van der Waals surface area contributed by atoms with Crippen LogP contribution < -0.4 is 16.4 Å². The van der Waals surface area contributed by atoms with Gasteiger partial charge >= 0.3 is 6.61 Å². The molecule has 1 aliphatic rings. The number of amidine groups is 1. The number of aliphatic hydroxyl groups is 1. The average Bonchev–Trinajstić information content (AvgIpc) is 3.62. The van der Waals surface area contributed by atoms with Crippen LogP contribution in [0.2, 0.25) is 0 Å². The summed E-state index contributed by atoms with van der Waals surface area (Å²) in [7, 11) is 0. The van der Waals surface area contributed by atoms with E-state index >= 15 is 0 Å². The van der Waals surface area contributed by atoms with E-state index in [0.717, 1.165) is 40.4 Å². The summed E-state index contributed by atoms with van der Waals surface area (Å²) in [4.78, 5) is 37.5. The summed E-state index contributed by atoms with van der Waals surface area (Å²) < 4.78 is 19.8. The van der Waals surface area contributed by atoms with E-state index in [1.54, 1.807) is 11.4 Å². The number of nitrogen functional groups attached to an aromatic ring is 1. The Kier molecular flexibility index (Phi) is 11.9. The highest BCUT2D eigenvalue weighted by Crippen LogP contribution is 2.24. The fourth-order valence-electron chi connectivity index (χ4n) is 4.50. The van der Waals surface area contributed by atoms with Gasteiger partial charge in [-0.1, -0.05) is 30.3 Å². The van der Waals surface area contributed by atoms with Crippen LogP contribution in [0.15, 0.2) is 66.0 Å². The van der Waals surface area contributed by atoms with Gasteiger partial charge in [-0.15, -0.1) is 11.3 Å². The Labute approximate surface area is 245 Å². The maximum Gasteiger partial charge on any atom is 0.342 e. The fraction of sp³-hybridized carbons (Fsp3) is 0.267. The number of rotatable bonds is 7. The molecule has 9 nitrogen and oxygen atoms in total. The van der Waals surface area contributed by atoms with Crippen molar-refractivity contribution >= 4 is 56.9 Å². The molecule has 5 rings (SSSR count). The first kappa shape index (κ1) is 32.1. The number of carbonyl (C=O) groups is 3. The predicted octanol–water partition coefficient (Wildman–Crippen LogP) is 4.21. The molecule has 222 valence electrons. The molecule has 1 aliphatic heterocycles. The third-order valence-electron chi connectivity index (χ3n) is 6.56. The van der Waals surface area contributed by atoms with Crippen LogP contribution in [0.1, 0.15) is 40.6 Å². The zero-order valence-corrected chi connectivity index (χ0v) is 23.8. The molecule has 12 heteroatoms. The Bertz CT molecular complexity index is 1540. The standard InChI is InChI=1S/C22H22N2O2.C7H9N3OS.CH2F2O/c1-15-5-4-10-24(15)21(25)14-23-22(26)19-9-8-18-11-16-6-2-3-7-17(16)12-20(18)13-19;8-7(9)5-1-6(12-3-5)2-10-4-11;2-1(3)4/h2-3,6-9,11-13,15H,4-5,10,14H2,1H3,(H,23,26);1,3-4H,2H2,(H3,8,9)(H,10,11);1,4H. The minimum Gasteiger partial charge on any atom is -0.384 e. The summed E-state index contributed by atoms with van der Waals surface area (Å²) in [5.41, 5.74) is 6.55. The summed E-state index contributed by atoms with van der Waals surface area (Å²) in [5, 5.41) is 25.4. The summed E-state index contributed by atoms with van der Waals surface area (Å²) in [6, 6.07) is 20.1. The molecule has 0 radical (unpaired) electrons. The Morgan fingerprint density at radius 2 is 1.74 bits per heavy atom. The van der Waals surface area contributed by atoms with Crippen LogP contribution in [0.3, 0.4) is 0 Å². The number of likely N-dealkylation sites (tertiary alicyclic amines) is 1. The highest BCUT2D eigenvalue weighted by atomic mass is 32.1. The predicted molar refractivity (Wildman–Crippen MR) is 161 cm³/mol. The van der Waals surface area contributed by atoms with Gasteiger partial charge in [0.1, 0.15) is 5.84 Å². The molecular formula is C30H33F2N5O4S. The maximum atomic E-state index is 12.5. The van der Waals surface area contributed by atoms with Gasteiger partial charge in [-0.2, -0.15) is 8.78 Å². The molecule has 1 atom stereocenters. The number of alkyl halides is 2. The molecule has 42 heavy (non-hydrogen) atoms. The molecule has 1 aromatic heterocycles. The van der Waals surface area contributed by atoms with Crippen molar-refractivity contribution in [2.45, 2.75) is 39.0 Å². The minimum atomic E-state index is -3.17. The number of nitrogens with two attached hydrogens (primary N) is 1. The first-order valence-corrected chi connectivity index (χ1v) is 14.0. The van der Waals surface area contributed by atoms with Crippen LogP contribution in [0, 0.1) is 5.41 Å². The van der Waals surface area contributed by atoms with Gasteiger partial charge in [0, 0.05) is 34.0 Å². The number of hydrogen-bond donors (Lipinski definition) is 5. The van der Waals surface area contributed by atoms with Crippen LogP contribution >= 0.6 is 11.3 Å². The second-order valence-electron chi connectivity index (χ2n) is 9.51. The van der Waals surface area contributed by atoms with E-state index in [-0.39, 0.29) is 30.2 Å². The van der Waals surface area contributed by atoms with Gasteiger partial charge in [0.2, 0.25) is 12.3 Å². The first-order valence-electron chi connectivity index (χ1n) is 13.1. The van der Waals surface area contributed by atoms with Crippen molar-refractivity contribution in [1.29, 1.82) is 5.41 Å². The maximum absolute atomic E-state index is 12.5. The lowest BCUT2D eigenvalue weighted by Crippen LogP contribution is -2.41. The largest absolute Gasteiger partial charge is 0.384 e. The van der Waals surface area contributed by atoms with Crippen molar-refractivity contribution in [3.63, 3.8) is 0 Å². The van der Waals surface area contributed by atoms with Crippen molar-refractivity contribution in [2.75, 3.05) is 13.1 Å². The van der Waals surface area contributed by atoms with Crippen LogP contribution in [0.4, 0.5) is 8.78 Å². The van der Waals surface area contributed by atoms with Crippen LogP contribution in [0.5, 0.6) is 0 Å². The van der Waals surface area contributed by atoms with Crippen LogP contribution in [-0.4, -0.2) is 59.8 Å². The van der Waals surface area contributed by atoms with Gasteiger partial charge < -0.3 is 26.4 Å². The molecule has 0 saturated carbocycles. The number of hydrogen-bond acceptors (Lipinski definition) is 6. The quantitative estimate of drug-likeness (QED) is 0.0937. The second-order valence-corrected chi connectivity index (χ2v) is 10.5. The molecular weight excluding hydrogens is 564 g/mol. The number of fused-ring (bicyclic) bond motifs is 2. The Balaban J connectivity index is 0.000000252. The summed E-state index contributed by atoms with van der Waals surface area (Å²) in [6.07, 6.45) is 2.73. The zero-order chi connectivity index (χ0) is 30.6. The van der Waals surface area contributed by atoms with Gasteiger partial charge in [-0.3, -0.25) is 19.8 Å². The zero-order valence-electron chi connectivity index (χ0n) is 23.0. The van der Waals surface area contributed by atoms with Gasteiger partial charge in [0.05, 0.1) is 13.1 Å². The molecule has 6 N–H and O–H groups in total. The Morgan fingerprint density at radius 3 is 2.31 bits per heavy atom. The lowest BCUT2D eigenvalue weighted by molar-refractivity contribution is -0.130. The van der Waals surface area contributed by atoms with Crippen LogP contribution in [-0.2, 0) is 16.1 Å². The number of nitrogens with zero attached hydrogens (tertiary/aromatic N) is 1. The van der Waals surface area contributed by atoms with E-state index in [4.69, 9.17) is 16.2 Å². The molecule has 2 heterocycles. The van der Waals surface area contributed by atoms with Crippen molar-refractivity contribution in [3.8, 4) is 0 Å². The molecule has 1 unspecified atom stereocenters. The lowest BCUT2D eigenvalue weighted by atomic mass is 10.0. The SMILES string of the molecule is CC1CCCN1C(=O)CNC(=O)c1ccc2cc3ccccc3cc2c1.N=C(N)c1csc(CNC=O)c1.OC(F)F. The van der Waals surface area contributed by atoms with Crippen molar-refractivity contribution < 1.29 is 28.3 Å². The number of carbonyl (C=O) groups excluding carboxylic acids is 3. The molecule has 0 spiro atoms. The van der Waals surface area contributed by atoms with Gasteiger partial charge in [-0.25, -0.2) is 0 Å². The summed E-state index contributed by atoms with van der Waals surface area (Å²) in [5.74, 6) is -0.154. The fourth-order valence-corrected chi connectivity index (χ4v) is 5.34. The van der Waals surface area contributed by atoms with Gasteiger partial charge in [-0.05, 0) is 71.6 Å².